The first-order valence-corrected chi connectivity index (χ1v) is 10.5. The Kier molecular flexibility index (Phi) is 6.46. The quantitative estimate of drug-likeness (QED) is 0.212. The van der Waals surface area contributed by atoms with E-state index in [1.807, 2.05) is 30.3 Å². The molecule has 0 unspecified atom stereocenters. The number of aromatic hydroxyl groups is 1. The maximum absolute atomic E-state index is 12.5. The monoisotopic (exact) mass is 428 g/mol. The summed E-state index contributed by atoms with van der Waals surface area (Å²) >= 11 is 0. The number of hydrazone groups is 1. The molecule has 0 fully saturated rings. The SMILES string of the molecule is CCCCOc1cccc(/C=N/NC(=O)c2ccc3nc(-c4ccccc4O)[nH]c3c2)c1. The fourth-order valence-electron chi connectivity index (χ4n) is 3.20. The molecule has 0 saturated heterocycles. The number of benzene rings is 3. The number of rotatable bonds is 8. The average Bonchev–Trinajstić information content (AvgIpc) is 3.23. The van der Waals surface area contributed by atoms with Crippen molar-refractivity contribution >= 4 is 23.2 Å². The van der Waals surface area contributed by atoms with Crippen LogP contribution >= 0.6 is 0 Å². The van der Waals surface area contributed by atoms with E-state index in [0.717, 1.165) is 24.2 Å². The Hall–Kier alpha value is -4.13. The van der Waals surface area contributed by atoms with E-state index in [0.29, 0.717) is 34.6 Å². The summed E-state index contributed by atoms with van der Waals surface area (Å²) in [6.45, 7) is 2.79. The van der Waals surface area contributed by atoms with Gasteiger partial charge in [-0.25, -0.2) is 10.4 Å². The fourth-order valence-corrected chi connectivity index (χ4v) is 3.20. The maximum atomic E-state index is 12.5. The van der Waals surface area contributed by atoms with E-state index in [4.69, 9.17) is 4.74 Å². The van der Waals surface area contributed by atoms with E-state index in [1.165, 1.54) is 0 Å². The molecule has 0 saturated carbocycles. The molecule has 3 aromatic carbocycles. The van der Waals surface area contributed by atoms with Crippen molar-refractivity contribution < 1.29 is 14.6 Å². The molecule has 0 aliphatic rings. The zero-order valence-electron chi connectivity index (χ0n) is 17.7. The average molecular weight is 428 g/mol. The summed E-state index contributed by atoms with van der Waals surface area (Å²) in [5.74, 6) is 1.12. The molecule has 0 spiro atoms. The summed E-state index contributed by atoms with van der Waals surface area (Å²) in [6.07, 6.45) is 3.66. The van der Waals surface area contributed by atoms with Gasteiger partial charge in [0.25, 0.3) is 5.91 Å². The molecule has 1 aromatic heterocycles. The first kappa shape index (κ1) is 21.1. The van der Waals surface area contributed by atoms with Gasteiger partial charge in [-0.1, -0.05) is 37.6 Å². The molecule has 4 rings (SSSR count). The highest BCUT2D eigenvalue weighted by Gasteiger charge is 2.11. The van der Waals surface area contributed by atoms with E-state index >= 15 is 0 Å². The summed E-state index contributed by atoms with van der Waals surface area (Å²) < 4.78 is 5.69. The summed E-state index contributed by atoms with van der Waals surface area (Å²) in [5.41, 5.74) is 5.81. The molecular weight excluding hydrogens is 404 g/mol. The van der Waals surface area contributed by atoms with E-state index in [-0.39, 0.29) is 11.7 Å². The number of imidazole rings is 1. The number of phenolic OH excluding ortho intramolecular Hbond substituents is 1. The lowest BCUT2D eigenvalue weighted by molar-refractivity contribution is 0.0955. The van der Waals surface area contributed by atoms with Crippen LogP contribution in [-0.4, -0.2) is 33.8 Å². The van der Waals surface area contributed by atoms with Gasteiger partial charge in [0.1, 0.15) is 17.3 Å². The third-order valence-corrected chi connectivity index (χ3v) is 4.91. The summed E-state index contributed by atoms with van der Waals surface area (Å²) in [6, 6.07) is 19.7. The predicted octanol–water partition coefficient (Wildman–Crippen LogP) is 4.88. The first-order valence-electron chi connectivity index (χ1n) is 10.5. The van der Waals surface area contributed by atoms with Gasteiger partial charge in [-0.3, -0.25) is 4.79 Å². The lowest BCUT2D eigenvalue weighted by Gasteiger charge is -2.05. The van der Waals surface area contributed by atoms with Crippen molar-refractivity contribution in [1.82, 2.24) is 15.4 Å². The molecule has 3 N–H and O–H groups in total. The van der Waals surface area contributed by atoms with Gasteiger partial charge in [0, 0.05) is 5.56 Å². The summed E-state index contributed by atoms with van der Waals surface area (Å²) in [4.78, 5) is 20.2. The molecule has 0 atom stereocenters. The van der Waals surface area contributed by atoms with Crippen molar-refractivity contribution in [2.45, 2.75) is 19.8 Å². The van der Waals surface area contributed by atoms with E-state index in [2.05, 4.69) is 27.4 Å². The number of aromatic amines is 1. The van der Waals surface area contributed by atoms with Crippen LogP contribution in [0.3, 0.4) is 0 Å². The van der Waals surface area contributed by atoms with Gasteiger partial charge in [-0.05, 0) is 54.4 Å². The number of hydrogen-bond donors (Lipinski definition) is 3. The van der Waals surface area contributed by atoms with Gasteiger partial charge >= 0.3 is 0 Å². The van der Waals surface area contributed by atoms with Crippen molar-refractivity contribution in [1.29, 1.82) is 0 Å². The molecule has 162 valence electrons. The minimum absolute atomic E-state index is 0.138. The molecule has 7 heteroatoms. The number of H-pyrrole nitrogens is 1. The lowest BCUT2D eigenvalue weighted by atomic mass is 10.2. The van der Waals surface area contributed by atoms with Gasteiger partial charge in [-0.2, -0.15) is 5.10 Å². The number of carbonyl (C=O) groups excluding carboxylic acids is 1. The van der Waals surface area contributed by atoms with Gasteiger partial charge in [0.2, 0.25) is 0 Å². The highest BCUT2D eigenvalue weighted by Crippen LogP contribution is 2.28. The second kappa shape index (κ2) is 9.78. The molecule has 4 aromatic rings. The van der Waals surface area contributed by atoms with Gasteiger partial charge in [0.15, 0.2) is 0 Å². The van der Waals surface area contributed by atoms with Crippen molar-refractivity contribution in [3.63, 3.8) is 0 Å². The highest BCUT2D eigenvalue weighted by molar-refractivity contribution is 5.98. The summed E-state index contributed by atoms with van der Waals surface area (Å²) in [5, 5.41) is 14.1. The lowest BCUT2D eigenvalue weighted by Crippen LogP contribution is -2.17. The zero-order chi connectivity index (χ0) is 22.3. The molecule has 1 amide bonds. The Labute approximate surface area is 185 Å². The third-order valence-electron chi connectivity index (χ3n) is 4.91. The number of phenols is 1. The largest absolute Gasteiger partial charge is 0.507 e. The van der Waals surface area contributed by atoms with Crippen molar-refractivity contribution in [3.8, 4) is 22.9 Å². The number of nitrogens with one attached hydrogen (secondary N) is 2. The maximum Gasteiger partial charge on any atom is 0.271 e. The number of carbonyl (C=O) groups is 1. The van der Waals surface area contributed by atoms with Crippen LogP contribution in [-0.2, 0) is 0 Å². The highest BCUT2D eigenvalue weighted by atomic mass is 16.5. The van der Waals surface area contributed by atoms with Crippen LogP contribution in [0.15, 0.2) is 71.8 Å². The molecule has 1 heterocycles. The number of hydrogen-bond acceptors (Lipinski definition) is 5. The van der Waals surface area contributed by atoms with Crippen molar-refractivity contribution in [3.05, 3.63) is 77.9 Å². The molecule has 0 bridgehead atoms. The van der Waals surface area contributed by atoms with Crippen LogP contribution in [0.4, 0.5) is 0 Å². The first-order chi connectivity index (χ1) is 15.6. The van der Waals surface area contributed by atoms with E-state index in [9.17, 15) is 9.90 Å². The van der Waals surface area contributed by atoms with E-state index in [1.54, 1.807) is 42.6 Å². The summed E-state index contributed by atoms with van der Waals surface area (Å²) in [7, 11) is 0. The molecule has 32 heavy (non-hydrogen) atoms. The minimum atomic E-state index is -0.336. The number of aromatic nitrogens is 2. The molecule has 0 aliphatic carbocycles. The van der Waals surface area contributed by atoms with Crippen molar-refractivity contribution in [2.75, 3.05) is 6.61 Å². The topological polar surface area (TPSA) is 99.6 Å². The van der Waals surface area contributed by atoms with Crippen LogP contribution < -0.4 is 10.2 Å². The van der Waals surface area contributed by atoms with Crippen LogP contribution in [0, 0.1) is 0 Å². The number of nitrogens with zero attached hydrogens (tertiary/aromatic N) is 2. The number of para-hydroxylation sites is 1. The fraction of sp³-hybridized carbons (Fsp3) is 0.160. The minimum Gasteiger partial charge on any atom is -0.507 e. The molecular formula is C25H24N4O3. The predicted molar refractivity (Wildman–Crippen MR) is 125 cm³/mol. The van der Waals surface area contributed by atoms with Gasteiger partial charge in [0.05, 0.1) is 29.4 Å². The van der Waals surface area contributed by atoms with Crippen LogP contribution in [0.1, 0.15) is 35.7 Å². The zero-order valence-corrected chi connectivity index (χ0v) is 17.7. The van der Waals surface area contributed by atoms with Gasteiger partial charge < -0.3 is 14.8 Å². The van der Waals surface area contributed by atoms with Crippen molar-refractivity contribution in [2.24, 2.45) is 5.10 Å². The van der Waals surface area contributed by atoms with Crippen LogP contribution in [0.2, 0.25) is 0 Å². The van der Waals surface area contributed by atoms with Crippen LogP contribution in [0.5, 0.6) is 11.5 Å². The Balaban J connectivity index is 1.44. The third kappa shape index (κ3) is 4.95. The molecule has 0 radical (unpaired) electrons. The number of ether oxygens (including phenoxy) is 1. The second-order valence-corrected chi connectivity index (χ2v) is 7.31. The van der Waals surface area contributed by atoms with Gasteiger partial charge in [-0.15, -0.1) is 0 Å². The van der Waals surface area contributed by atoms with E-state index < -0.39 is 0 Å². The second-order valence-electron chi connectivity index (χ2n) is 7.31. The standard InChI is InChI=1S/C25H24N4O3/c1-2-3-13-32-19-8-6-7-17(14-19)16-26-29-25(31)18-11-12-21-22(15-18)28-24(27-21)20-9-4-5-10-23(20)30/h4-12,14-16,30H,2-3,13H2,1H3,(H,27,28)(H,29,31)/b26-16+. The number of amides is 1. The Morgan fingerprint density at radius 2 is 2.03 bits per heavy atom. The number of fused-ring (bicyclic) bond motifs is 1. The normalized spacial score (nSPS) is 11.2. The Morgan fingerprint density at radius 1 is 1.16 bits per heavy atom. The van der Waals surface area contributed by atoms with Crippen LogP contribution in [0.25, 0.3) is 22.4 Å². The molecule has 0 aliphatic heterocycles. The Bertz CT molecular complexity index is 1260. The smallest absolute Gasteiger partial charge is 0.271 e. The Morgan fingerprint density at radius 3 is 2.88 bits per heavy atom. The number of unbranched alkanes of at least 4 members (excludes halogenated alkanes) is 1. The molecule has 7 nitrogen and oxygen atoms in total.